The van der Waals surface area contributed by atoms with E-state index in [-0.39, 0.29) is 87.7 Å². The molecular formula is C59H110N12O22. The number of carboxylic acid groups (broad SMARTS) is 2. The maximum Gasteiger partial charge on any atom is 0.407 e. The van der Waals surface area contributed by atoms with Crippen LogP contribution in [0.5, 0.6) is 0 Å². The minimum Gasteiger partial charge on any atom is -0.480 e. The lowest BCUT2D eigenvalue weighted by Crippen LogP contribution is -2.60. The molecule has 19 N–H and O–H groups in total. The molecule has 0 aromatic rings. The van der Waals surface area contributed by atoms with Crippen LogP contribution < -0.4 is 49.5 Å². The number of hydrogen-bond acceptors (Lipinski definition) is 23. The van der Waals surface area contributed by atoms with Crippen LogP contribution >= 0.6 is 0 Å². The number of terminal acetylenes is 1. The fraction of sp³-hybridized carbons (Fsp3) is 0.746. The fourth-order valence-corrected chi connectivity index (χ4v) is 8.84. The number of aliphatic hydroxyl groups excluding tert-OH is 4. The molecule has 5 amide bonds. The van der Waals surface area contributed by atoms with Crippen molar-refractivity contribution in [3.8, 4) is 12.3 Å². The predicted octanol–water partition coefficient (Wildman–Crippen LogP) is -2.64. The number of nitrogens with zero attached hydrogens (tertiary/aromatic N) is 3. The second kappa shape index (κ2) is 48.5. The summed E-state index contributed by atoms with van der Waals surface area (Å²) in [6.45, 7) is 12.9. The first-order valence-corrected chi connectivity index (χ1v) is 30.9. The first-order valence-electron chi connectivity index (χ1n) is 30.9. The normalized spacial score (nSPS) is 18.8. The van der Waals surface area contributed by atoms with E-state index in [1.807, 2.05) is 20.8 Å². The van der Waals surface area contributed by atoms with E-state index in [9.17, 15) is 64.2 Å². The minimum atomic E-state index is -1.74. The Hall–Kier alpha value is -7.17. The number of aliphatic carboxylic acids is 2. The standard InChI is InChI=1S/C46H76N10O20.C13H28N2O2.3H2/c1-4-13-69-15-17-71-19-20-72-18-16-70-14-8-37(64)56(12-7-10-52-36(63)25-73-40(31(60)23-57)39-27(2)29(54-45(47)48)21-33(75-39)43(65)66)11-6-5-9-51-35(62)26-74-41(32(61)24-58)42-38(53-28(3)59)30(55-46(49)50)22-34(76-42)44(67)68;1-5-6-9-14-10-7-8-11-15-12(16)17-13(2,3)4;;;/h1,21-22,27,29-32,38-42,57-58,60-61H,5-20,23-26H2,2-3H3,(H,51,62)(H,52,63)(H,53,59)(H,65,66)(H,67,68)(H4,47,48,54)(H4,49,50,55);14H,5-11H2,1-4H3,(H,15,16);3*1H/t27-,29+,30+,31-,32-,38-,39-,40-,41-,42-;;;;/m1..../s1. The van der Waals surface area contributed by atoms with Crippen LogP contribution in [-0.4, -0.2) is 275 Å². The third-order valence-electron chi connectivity index (χ3n) is 13.3. The molecule has 0 spiro atoms. The van der Waals surface area contributed by atoms with Crippen LogP contribution in [0.1, 0.15) is 97.2 Å². The third kappa shape index (κ3) is 38.0. The van der Waals surface area contributed by atoms with E-state index in [1.54, 1.807) is 11.8 Å². The van der Waals surface area contributed by atoms with Gasteiger partial charge in [0, 0.05) is 49.8 Å². The number of guanidine groups is 2. The van der Waals surface area contributed by atoms with Gasteiger partial charge in [0.2, 0.25) is 35.1 Å². The zero-order valence-electron chi connectivity index (χ0n) is 54.5. The van der Waals surface area contributed by atoms with Gasteiger partial charge in [0.25, 0.3) is 0 Å². The topological polar surface area (TPSA) is 516 Å². The number of aliphatic imine (C=N–C) groups is 2. The Balaban J connectivity index is -0.00000377. The molecule has 34 nitrogen and oxygen atoms in total. The maximum absolute atomic E-state index is 13.4. The highest BCUT2D eigenvalue weighted by Crippen LogP contribution is 2.31. The molecule has 93 heavy (non-hydrogen) atoms. The van der Waals surface area contributed by atoms with Crippen molar-refractivity contribution in [2.75, 3.05) is 125 Å². The molecule has 0 aromatic heterocycles. The molecule has 0 saturated carbocycles. The number of ether oxygens (including phenoxy) is 9. The monoisotopic (exact) mass is 1340 g/mol. The molecule has 0 aliphatic carbocycles. The van der Waals surface area contributed by atoms with Gasteiger partial charge in [0.1, 0.15) is 55.9 Å². The van der Waals surface area contributed by atoms with Crippen LogP contribution in [-0.2, 0) is 71.4 Å². The van der Waals surface area contributed by atoms with Crippen LogP contribution in [0.2, 0.25) is 0 Å². The molecular weight excluding hydrogens is 1230 g/mol. The Morgan fingerprint density at radius 2 is 1.14 bits per heavy atom. The second-order valence-corrected chi connectivity index (χ2v) is 22.3. The van der Waals surface area contributed by atoms with Crippen molar-refractivity contribution >= 4 is 53.6 Å². The number of carboxylic acids is 2. The summed E-state index contributed by atoms with van der Waals surface area (Å²) in [5.74, 6) is -5.49. The van der Waals surface area contributed by atoms with Crippen LogP contribution in [0.3, 0.4) is 0 Å². The summed E-state index contributed by atoms with van der Waals surface area (Å²) in [6, 6.07) is -3.33. The van der Waals surface area contributed by atoms with Crippen LogP contribution in [0.4, 0.5) is 4.79 Å². The van der Waals surface area contributed by atoms with Gasteiger partial charge in [-0.15, -0.1) is 6.42 Å². The van der Waals surface area contributed by atoms with Gasteiger partial charge in [0.15, 0.2) is 18.0 Å². The van der Waals surface area contributed by atoms with Crippen molar-refractivity contribution in [2.45, 2.75) is 153 Å². The highest BCUT2D eigenvalue weighted by atomic mass is 16.6. The summed E-state index contributed by atoms with van der Waals surface area (Å²) < 4.78 is 49.2. The first kappa shape index (κ1) is 83.8. The minimum absolute atomic E-state index is 0. The van der Waals surface area contributed by atoms with Gasteiger partial charge in [-0.05, 0) is 84.5 Å². The van der Waals surface area contributed by atoms with Crippen molar-refractivity contribution in [3.63, 3.8) is 0 Å². The highest BCUT2D eigenvalue weighted by Gasteiger charge is 2.46. The fourth-order valence-electron chi connectivity index (χ4n) is 8.84. The Kier molecular flexibility index (Phi) is 43.8. The van der Waals surface area contributed by atoms with Crippen LogP contribution in [0, 0.1) is 18.3 Å². The van der Waals surface area contributed by atoms with Gasteiger partial charge in [-0.25, -0.2) is 24.4 Å². The number of carbonyl (C=O) groups is 7. The Morgan fingerprint density at radius 3 is 1.66 bits per heavy atom. The van der Waals surface area contributed by atoms with Gasteiger partial charge in [-0.1, -0.05) is 26.2 Å². The zero-order chi connectivity index (χ0) is 69.7. The number of nitrogens with two attached hydrogens (primary N) is 4. The van der Waals surface area contributed by atoms with Gasteiger partial charge in [-0.2, -0.15) is 0 Å². The number of hydrogen-bond donors (Lipinski definition) is 15. The molecule has 10 atom stereocenters. The summed E-state index contributed by atoms with van der Waals surface area (Å²) >= 11 is 0. The van der Waals surface area contributed by atoms with E-state index in [2.05, 4.69) is 49.4 Å². The summed E-state index contributed by atoms with van der Waals surface area (Å²) in [7, 11) is 0. The van der Waals surface area contributed by atoms with Crippen molar-refractivity contribution in [1.29, 1.82) is 0 Å². The quantitative estimate of drug-likeness (QED) is 0.0128. The molecule has 0 aromatic carbocycles. The lowest BCUT2D eigenvalue weighted by Gasteiger charge is -2.40. The van der Waals surface area contributed by atoms with Crippen molar-refractivity contribution in [3.05, 3.63) is 23.7 Å². The molecule has 0 saturated heterocycles. The number of aliphatic hydroxyl groups is 4. The summed E-state index contributed by atoms with van der Waals surface area (Å²) in [5, 5.41) is 74.3. The van der Waals surface area contributed by atoms with Gasteiger partial charge < -0.3 is 128 Å². The molecule has 538 valence electrons. The molecule has 2 aliphatic heterocycles. The first-order chi connectivity index (χ1) is 44.2. The van der Waals surface area contributed by atoms with Crippen molar-refractivity contribution in [1.82, 2.24) is 31.5 Å². The molecule has 0 unspecified atom stereocenters. The smallest absolute Gasteiger partial charge is 0.407 e. The Labute approximate surface area is 548 Å². The van der Waals surface area contributed by atoms with Crippen molar-refractivity contribution < 1.29 is 111 Å². The average Bonchev–Trinajstić information content (AvgIpc) is 0.804. The number of amides is 5. The summed E-state index contributed by atoms with van der Waals surface area (Å²) in [4.78, 5) is 96.1. The highest BCUT2D eigenvalue weighted by molar-refractivity contribution is 5.86. The SMILES string of the molecule is C#CCOCCOCCOCCOCCC(=O)N(CCCCNC(=O)CO[C@@H]([C@@H]1OC(C(=O)O)=C[C@H](N=C(N)N)[C@H]1NC(C)=O)[C@H](O)CO)CCCNC(=O)CO[C@@H]([C@@H]1OC(C(=O)O)=C[C@H](N=C(N)N)[C@H]1C)[C@H](O)CO.CCCCNCCCCNC(=O)OC(C)(C)C.[HH].[HH].[HH]. The third-order valence-corrected chi connectivity index (χ3v) is 13.3. The van der Waals surface area contributed by atoms with E-state index in [1.165, 1.54) is 18.9 Å². The number of alkyl carbamates (subject to hydrolysis) is 1. The second-order valence-electron chi connectivity index (χ2n) is 22.3. The van der Waals surface area contributed by atoms with Crippen LogP contribution in [0.25, 0.3) is 0 Å². The molecule has 0 bridgehead atoms. The molecule has 0 radical (unpaired) electrons. The largest absolute Gasteiger partial charge is 0.480 e. The zero-order valence-corrected chi connectivity index (χ0v) is 54.5. The molecule has 0 fully saturated rings. The van der Waals surface area contributed by atoms with E-state index < -0.39 is 140 Å². The number of carbonyl (C=O) groups excluding carboxylic acids is 5. The van der Waals surface area contributed by atoms with E-state index >= 15 is 0 Å². The average molecular weight is 1340 g/mol. The lowest BCUT2D eigenvalue weighted by atomic mass is 9.87. The van der Waals surface area contributed by atoms with Gasteiger partial charge in [0.05, 0.1) is 84.0 Å². The summed E-state index contributed by atoms with van der Waals surface area (Å²) in [6.07, 6.45) is 3.50. The lowest BCUT2D eigenvalue weighted by molar-refractivity contribution is -0.160. The predicted molar refractivity (Wildman–Crippen MR) is 344 cm³/mol. The Morgan fingerprint density at radius 1 is 0.677 bits per heavy atom. The van der Waals surface area contributed by atoms with E-state index in [0.29, 0.717) is 45.8 Å². The maximum atomic E-state index is 13.4. The molecule has 2 aliphatic rings. The van der Waals surface area contributed by atoms with Gasteiger partial charge >= 0.3 is 18.0 Å². The number of unbranched alkanes of at least 4 members (excludes halogenated alkanes) is 3. The molecule has 2 rings (SSSR count). The van der Waals surface area contributed by atoms with E-state index in [0.717, 1.165) is 38.9 Å². The number of nitrogens with one attached hydrogen (secondary N) is 5. The Bertz CT molecular complexity index is 2400. The van der Waals surface area contributed by atoms with Crippen molar-refractivity contribution in [2.24, 2.45) is 38.8 Å². The summed E-state index contributed by atoms with van der Waals surface area (Å²) in [5.41, 5.74) is 21.7. The van der Waals surface area contributed by atoms with Gasteiger partial charge in [-0.3, -0.25) is 19.2 Å². The van der Waals surface area contributed by atoms with Crippen LogP contribution in [0.15, 0.2) is 33.7 Å². The molecule has 2 heterocycles. The number of rotatable bonds is 47. The molecule has 34 heteroatoms. The van der Waals surface area contributed by atoms with E-state index in [4.69, 9.17) is 72.0 Å².